The highest BCUT2D eigenvalue weighted by molar-refractivity contribution is 5.11. The van der Waals surface area contributed by atoms with Gasteiger partial charge in [0.15, 0.2) is 0 Å². The number of fused-ring (bicyclic) bond motifs is 1. The Morgan fingerprint density at radius 3 is 3.18 bits per heavy atom. The molecule has 0 aliphatic carbocycles. The number of hydrogen-bond acceptors (Lipinski definition) is 3. The van der Waals surface area contributed by atoms with Gasteiger partial charge in [-0.1, -0.05) is 0 Å². The molecule has 94 valence electrons. The lowest BCUT2D eigenvalue weighted by Gasteiger charge is -2.21. The predicted octanol–water partition coefficient (Wildman–Crippen LogP) is 1.33. The molecular formula is C13H20N2O2. The smallest absolute Gasteiger partial charge is 0.114 e. The number of ether oxygens (including phenoxy) is 1. The predicted molar refractivity (Wildman–Crippen MR) is 63.9 cm³/mol. The third-order valence-electron chi connectivity index (χ3n) is 3.92. The lowest BCUT2D eigenvalue weighted by Crippen LogP contribution is -2.18. The summed E-state index contributed by atoms with van der Waals surface area (Å²) in [6.45, 7) is 3.06. The second-order valence-electron chi connectivity index (χ2n) is 5.24. The Labute approximate surface area is 102 Å². The fourth-order valence-corrected chi connectivity index (χ4v) is 2.94. The van der Waals surface area contributed by atoms with Crippen molar-refractivity contribution >= 4 is 0 Å². The van der Waals surface area contributed by atoms with E-state index in [9.17, 15) is 5.11 Å². The van der Waals surface area contributed by atoms with Gasteiger partial charge < -0.3 is 14.4 Å². The molecule has 1 fully saturated rings. The first kappa shape index (κ1) is 11.2. The van der Waals surface area contributed by atoms with Gasteiger partial charge >= 0.3 is 0 Å². The highest BCUT2D eigenvalue weighted by Gasteiger charge is 2.24. The standard InChI is InChI=1S/C13H20N2O2/c16-8-11-2-1-4-15-7-12(14-13(11)15)6-10-3-5-17-9-10/h7,10-11,16H,1-6,8-9H2. The van der Waals surface area contributed by atoms with Gasteiger partial charge in [0.2, 0.25) is 0 Å². The minimum Gasteiger partial charge on any atom is -0.396 e. The Hall–Kier alpha value is -0.870. The molecule has 0 radical (unpaired) electrons. The molecule has 2 atom stereocenters. The summed E-state index contributed by atoms with van der Waals surface area (Å²) in [5, 5.41) is 9.36. The summed E-state index contributed by atoms with van der Waals surface area (Å²) in [5.74, 6) is 1.98. The average Bonchev–Trinajstić information content (AvgIpc) is 2.97. The third kappa shape index (κ3) is 2.24. The van der Waals surface area contributed by atoms with E-state index < -0.39 is 0 Å². The minimum absolute atomic E-state index is 0.225. The quantitative estimate of drug-likeness (QED) is 0.861. The van der Waals surface area contributed by atoms with E-state index in [4.69, 9.17) is 9.72 Å². The molecule has 17 heavy (non-hydrogen) atoms. The third-order valence-corrected chi connectivity index (χ3v) is 3.92. The summed E-state index contributed by atoms with van der Waals surface area (Å²) in [4.78, 5) is 4.71. The molecule has 1 aromatic rings. The number of imidazole rings is 1. The van der Waals surface area contributed by atoms with Crippen LogP contribution in [-0.2, 0) is 17.7 Å². The Morgan fingerprint density at radius 1 is 1.47 bits per heavy atom. The maximum atomic E-state index is 9.36. The highest BCUT2D eigenvalue weighted by Crippen LogP contribution is 2.27. The molecule has 1 saturated heterocycles. The number of aryl methyl sites for hydroxylation is 1. The van der Waals surface area contributed by atoms with Crippen LogP contribution in [0.1, 0.15) is 36.7 Å². The molecule has 0 amide bonds. The van der Waals surface area contributed by atoms with Crippen LogP contribution >= 0.6 is 0 Å². The van der Waals surface area contributed by atoms with Gasteiger partial charge in [-0.05, 0) is 31.6 Å². The Kier molecular flexibility index (Phi) is 3.16. The van der Waals surface area contributed by atoms with Crippen LogP contribution in [0.15, 0.2) is 6.20 Å². The van der Waals surface area contributed by atoms with Crippen molar-refractivity contribution in [1.29, 1.82) is 0 Å². The second kappa shape index (κ2) is 4.78. The van der Waals surface area contributed by atoms with Crippen molar-refractivity contribution < 1.29 is 9.84 Å². The van der Waals surface area contributed by atoms with Crippen molar-refractivity contribution in [2.24, 2.45) is 5.92 Å². The maximum Gasteiger partial charge on any atom is 0.114 e. The van der Waals surface area contributed by atoms with Gasteiger partial charge in [-0.3, -0.25) is 0 Å². The van der Waals surface area contributed by atoms with Gasteiger partial charge in [-0.2, -0.15) is 0 Å². The molecule has 0 aromatic carbocycles. The number of hydrogen-bond donors (Lipinski definition) is 1. The largest absolute Gasteiger partial charge is 0.396 e. The monoisotopic (exact) mass is 236 g/mol. The number of aliphatic hydroxyl groups excluding tert-OH is 1. The number of aliphatic hydroxyl groups is 1. The van der Waals surface area contributed by atoms with E-state index in [0.717, 1.165) is 51.3 Å². The van der Waals surface area contributed by atoms with Crippen molar-refractivity contribution in [1.82, 2.24) is 9.55 Å². The molecule has 1 N–H and O–H groups in total. The van der Waals surface area contributed by atoms with Crippen LogP contribution in [0.3, 0.4) is 0 Å². The van der Waals surface area contributed by atoms with E-state index in [0.29, 0.717) is 5.92 Å². The molecule has 4 nitrogen and oxygen atoms in total. The maximum absolute atomic E-state index is 9.36. The Balaban J connectivity index is 1.75. The summed E-state index contributed by atoms with van der Waals surface area (Å²) < 4.78 is 7.63. The van der Waals surface area contributed by atoms with E-state index in [1.807, 2.05) is 0 Å². The second-order valence-corrected chi connectivity index (χ2v) is 5.24. The molecule has 0 bridgehead atoms. The summed E-state index contributed by atoms with van der Waals surface area (Å²) in [6.07, 6.45) is 6.58. The van der Waals surface area contributed by atoms with Crippen LogP contribution in [0, 0.1) is 5.92 Å². The van der Waals surface area contributed by atoms with Gasteiger partial charge in [-0.25, -0.2) is 4.98 Å². The van der Waals surface area contributed by atoms with E-state index in [-0.39, 0.29) is 12.5 Å². The molecule has 3 rings (SSSR count). The van der Waals surface area contributed by atoms with Crippen molar-refractivity contribution in [3.8, 4) is 0 Å². The first-order chi connectivity index (χ1) is 8.36. The lowest BCUT2D eigenvalue weighted by atomic mass is 10.0. The molecule has 3 heterocycles. The van der Waals surface area contributed by atoms with E-state index >= 15 is 0 Å². The van der Waals surface area contributed by atoms with Crippen molar-refractivity contribution in [2.75, 3.05) is 19.8 Å². The van der Waals surface area contributed by atoms with Crippen LogP contribution in [0.4, 0.5) is 0 Å². The van der Waals surface area contributed by atoms with Crippen molar-refractivity contribution in [3.05, 3.63) is 17.7 Å². The summed E-state index contributed by atoms with van der Waals surface area (Å²) in [6, 6.07) is 0. The van der Waals surface area contributed by atoms with E-state index in [1.54, 1.807) is 0 Å². The fraction of sp³-hybridized carbons (Fsp3) is 0.769. The molecule has 2 unspecified atom stereocenters. The molecule has 4 heteroatoms. The zero-order valence-electron chi connectivity index (χ0n) is 10.1. The van der Waals surface area contributed by atoms with Gasteiger partial charge in [0.1, 0.15) is 5.82 Å². The molecular weight excluding hydrogens is 216 g/mol. The minimum atomic E-state index is 0.225. The van der Waals surface area contributed by atoms with Gasteiger partial charge in [-0.15, -0.1) is 0 Å². The molecule has 0 saturated carbocycles. The summed E-state index contributed by atoms with van der Waals surface area (Å²) >= 11 is 0. The SMILES string of the molecule is OCC1CCCn2cc(CC3CCOC3)nc21. The summed E-state index contributed by atoms with van der Waals surface area (Å²) in [5.41, 5.74) is 1.18. The van der Waals surface area contributed by atoms with Gasteiger partial charge in [0, 0.05) is 31.9 Å². The van der Waals surface area contributed by atoms with Crippen LogP contribution in [0.5, 0.6) is 0 Å². The Bertz CT molecular complexity index is 383. The fourth-order valence-electron chi connectivity index (χ4n) is 2.94. The zero-order valence-corrected chi connectivity index (χ0v) is 10.1. The van der Waals surface area contributed by atoms with Crippen LogP contribution in [0.25, 0.3) is 0 Å². The van der Waals surface area contributed by atoms with Crippen LogP contribution < -0.4 is 0 Å². The van der Waals surface area contributed by atoms with Crippen molar-refractivity contribution in [2.45, 2.75) is 38.1 Å². The van der Waals surface area contributed by atoms with E-state index in [1.165, 1.54) is 5.69 Å². The highest BCUT2D eigenvalue weighted by atomic mass is 16.5. The van der Waals surface area contributed by atoms with Crippen LogP contribution in [0.2, 0.25) is 0 Å². The molecule has 1 aromatic heterocycles. The van der Waals surface area contributed by atoms with Crippen molar-refractivity contribution in [3.63, 3.8) is 0 Å². The Morgan fingerprint density at radius 2 is 2.41 bits per heavy atom. The first-order valence-electron chi connectivity index (χ1n) is 6.61. The average molecular weight is 236 g/mol. The normalized spacial score (nSPS) is 28.3. The van der Waals surface area contributed by atoms with Crippen LogP contribution in [-0.4, -0.2) is 34.5 Å². The zero-order chi connectivity index (χ0) is 11.7. The number of aromatic nitrogens is 2. The number of rotatable bonds is 3. The van der Waals surface area contributed by atoms with E-state index in [2.05, 4.69) is 10.8 Å². The molecule has 2 aliphatic rings. The topological polar surface area (TPSA) is 47.3 Å². The summed E-state index contributed by atoms with van der Waals surface area (Å²) in [7, 11) is 0. The molecule has 0 spiro atoms. The molecule has 2 aliphatic heterocycles. The first-order valence-corrected chi connectivity index (χ1v) is 6.61. The van der Waals surface area contributed by atoms with Gasteiger partial charge in [0.05, 0.1) is 12.3 Å². The van der Waals surface area contributed by atoms with Gasteiger partial charge in [0.25, 0.3) is 0 Å². The number of nitrogens with zero attached hydrogens (tertiary/aromatic N) is 2. The lowest BCUT2D eigenvalue weighted by molar-refractivity contribution is 0.185.